The van der Waals surface area contributed by atoms with Gasteiger partial charge >= 0.3 is 0 Å². The number of anilines is 2. The molecule has 18 heavy (non-hydrogen) atoms. The molecule has 1 aromatic heterocycles. The molecule has 0 radical (unpaired) electrons. The minimum atomic E-state index is 0.107. The van der Waals surface area contributed by atoms with E-state index in [0.717, 1.165) is 30.5 Å². The summed E-state index contributed by atoms with van der Waals surface area (Å²) in [5, 5.41) is 6.05. The van der Waals surface area contributed by atoms with E-state index in [1.807, 2.05) is 19.9 Å². The second-order valence-corrected chi connectivity index (χ2v) is 4.28. The van der Waals surface area contributed by atoms with Crippen LogP contribution in [0.15, 0.2) is 6.07 Å². The third kappa shape index (κ3) is 3.09. The summed E-state index contributed by atoms with van der Waals surface area (Å²) in [5.41, 5.74) is 0. The molecule has 6 heteroatoms. The molecule has 0 aliphatic carbocycles. The van der Waals surface area contributed by atoms with Gasteiger partial charge in [0.1, 0.15) is 17.5 Å². The van der Waals surface area contributed by atoms with Crippen LogP contribution in [0.25, 0.3) is 0 Å². The number of rotatable bonds is 3. The van der Waals surface area contributed by atoms with Crippen molar-refractivity contribution in [3.63, 3.8) is 0 Å². The SMILES string of the molecule is CCNc1cc(N2CCNC(=O)CC2)nc(C)n1. The topological polar surface area (TPSA) is 70.2 Å². The van der Waals surface area contributed by atoms with Gasteiger partial charge in [-0.2, -0.15) is 0 Å². The van der Waals surface area contributed by atoms with Gasteiger partial charge in [0.05, 0.1) is 0 Å². The van der Waals surface area contributed by atoms with E-state index >= 15 is 0 Å². The van der Waals surface area contributed by atoms with Crippen LogP contribution < -0.4 is 15.5 Å². The zero-order chi connectivity index (χ0) is 13.0. The minimum absolute atomic E-state index is 0.107. The number of aryl methyl sites for hydroxylation is 1. The third-order valence-corrected chi connectivity index (χ3v) is 2.82. The van der Waals surface area contributed by atoms with E-state index in [0.29, 0.717) is 19.5 Å². The van der Waals surface area contributed by atoms with Gasteiger partial charge in [-0.25, -0.2) is 9.97 Å². The van der Waals surface area contributed by atoms with Crippen molar-refractivity contribution in [2.24, 2.45) is 0 Å². The number of hydrogen-bond donors (Lipinski definition) is 2. The van der Waals surface area contributed by atoms with E-state index < -0.39 is 0 Å². The Morgan fingerprint density at radius 3 is 3.06 bits per heavy atom. The first-order chi connectivity index (χ1) is 8.69. The van der Waals surface area contributed by atoms with E-state index in [4.69, 9.17) is 0 Å². The lowest BCUT2D eigenvalue weighted by molar-refractivity contribution is -0.120. The van der Waals surface area contributed by atoms with Crippen LogP contribution in [0.4, 0.5) is 11.6 Å². The summed E-state index contributed by atoms with van der Waals surface area (Å²) >= 11 is 0. The summed E-state index contributed by atoms with van der Waals surface area (Å²) in [6.07, 6.45) is 0.513. The molecule has 2 N–H and O–H groups in total. The molecule has 0 atom stereocenters. The lowest BCUT2D eigenvalue weighted by Crippen LogP contribution is -2.29. The Balaban J connectivity index is 2.18. The highest BCUT2D eigenvalue weighted by Gasteiger charge is 2.15. The van der Waals surface area contributed by atoms with Crippen LogP contribution in [0.2, 0.25) is 0 Å². The van der Waals surface area contributed by atoms with E-state index in [2.05, 4.69) is 25.5 Å². The fourth-order valence-electron chi connectivity index (χ4n) is 1.98. The number of carbonyl (C=O) groups is 1. The van der Waals surface area contributed by atoms with Gasteiger partial charge in [-0.15, -0.1) is 0 Å². The summed E-state index contributed by atoms with van der Waals surface area (Å²) in [6.45, 7) is 6.90. The molecule has 6 nitrogen and oxygen atoms in total. The van der Waals surface area contributed by atoms with Crippen LogP contribution in [-0.2, 0) is 4.79 Å². The molecule has 1 saturated heterocycles. The van der Waals surface area contributed by atoms with Crippen molar-refractivity contribution in [2.75, 3.05) is 36.4 Å². The molecule has 1 aliphatic heterocycles. The van der Waals surface area contributed by atoms with Crippen LogP contribution >= 0.6 is 0 Å². The molecule has 2 rings (SSSR count). The quantitative estimate of drug-likeness (QED) is 0.818. The van der Waals surface area contributed by atoms with Crippen LogP contribution in [0.5, 0.6) is 0 Å². The summed E-state index contributed by atoms with van der Waals surface area (Å²) in [4.78, 5) is 22.2. The highest BCUT2D eigenvalue weighted by atomic mass is 16.1. The molecule has 0 unspecified atom stereocenters. The van der Waals surface area contributed by atoms with Gasteiger partial charge in [-0.05, 0) is 13.8 Å². The second kappa shape index (κ2) is 5.66. The minimum Gasteiger partial charge on any atom is -0.370 e. The summed E-state index contributed by atoms with van der Waals surface area (Å²) in [6, 6.07) is 1.94. The van der Waals surface area contributed by atoms with Gasteiger partial charge in [-0.3, -0.25) is 4.79 Å². The Hall–Kier alpha value is -1.85. The maximum Gasteiger partial charge on any atom is 0.221 e. The molecule has 0 saturated carbocycles. The second-order valence-electron chi connectivity index (χ2n) is 4.28. The zero-order valence-corrected chi connectivity index (χ0v) is 10.9. The predicted octanol–water partition coefficient (Wildman–Crippen LogP) is 0.543. The fraction of sp³-hybridized carbons (Fsp3) is 0.583. The number of carbonyl (C=O) groups excluding carboxylic acids is 1. The highest BCUT2D eigenvalue weighted by molar-refractivity contribution is 5.77. The van der Waals surface area contributed by atoms with Crippen molar-refractivity contribution in [3.8, 4) is 0 Å². The molecule has 1 amide bonds. The van der Waals surface area contributed by atoms with Crippen molar-refractivity contribution < 1.29 is 4.79 Å². The van der Waals surface area contributed by atoms with Crippen LogP contribution in [0.1, 0.15) is 19.2 Å². The number of aromatic nitrogens is 2. The Labute approximate surface area is 107 Å². The summed E-state index contributed by atoms with van der Waals surface area (Å²) in [5.74, 6) is 2.57. The van der Waals surface area contributed by atoms with Gasteiger partial charge in [0.25, 0.3) is 0 Å². The van der Waals surface area contributed by atoms with E-state index in [1.54, 1.807) is 0 Å². The Kier molecular flexibility index (Phi) is 3.96. The summed E-state index contributed by atoms with van der Waals surface area (Å²) < 4.78 is 0. The van der Waals surface area contributed by atoms with Crippen LogP contribution in [0, 0.1) is 6.92 Å². The average molecular weight is 249 g/mol. The number of nitrogens with one attached hydrogen (secondary N) is 2. The molecule has 0 aromatic carbocycles. The molecule has 1 aliphatic rings. The summed E-state index contributed by atoms with van der Waals surface area (Å²) in [7, 11) is 0. The average Bonchev–Trinajstić information content (AvgIpc) is 2.54. The van der Waals surface area contributed by atoms with E-state index in [-0.39, 0.29) is 5.91 Å². The lowest BCUT2D eigenvalue weighted by Gasteiger charge is -2.21. The van der Waals surface area contributed by atoms with Crippen molar-refractivity contribution in [2.45, 2.75) is 20.3 Å². The van der Waals surface area contributed by atoms with Gasteiger partial charge in [-0.1, -0.05) is 0 Å². The van der Waals surface area contributed by atoms with Crippen LogP contribution in [0.3, 0.4) is 0 Å². The van der Waals surface area contributed by atoms with Crippen LogP contribution in [-0.4, -0.2) is 42.1 Å². The Morgan fingerprint density at radius 1 is 1.44 bits per heavy atom. The maximum absolute atomic E-state index is 11.3. The fourth-order valence-corrected chi connectivity index (χ4v) is 1.98. The molecular weight excluding hydrogens is 230 g/mol. The third-order valence-electron chi connectivity index (χ3n) is 2.82. The predicted molar refractivity (Wildman–Crippen MR) is 70.8 cm³/mol. The van der Waals surface area contributed by atoms with E-state index in [9.17, 15) is 4.79 Å². The first kappa shape index (κ1) is 12.6. The van der Waals surface area contributed by atoms with Crippen molar-refractivity contribution >= 4 is 17.5 Å². The van der Waals surface area contributed by atoms with Crippen molar-refractivity contribution in [3.05, 3.63) is 11.9 Å². The van der Waals surface area contributed by atoms with Gasteiger partial charge in [0, 0.05) is 38.7 Å². The monoisotopic (exact) mass is 249 g/mol. The largest absolute Gasteiger partial charge is 0.370 e. The smallest absolute Gasteiger partial charge is 0.221 e. The van der Waals surface area contributed by atoms with Crippen molar-refractivity contribution in [1.82, 2.24) is 15.3 Å². The molecule has 98 valence electrons. The molecule has 0 spiro atoms. The van der Waals surface area contributed by atoms with Gasteiger partial charge in [0.2, 0.25) is 5.91 Å². The molecular formula is C12H19N5O. The molecule has 2 heterocycles. The van der Waals surface area contributed by atoms with Gasteiger partial charge in [0.15, 0.2) is 0 Å². The van der Waals surface area contributed by atoms with Crippen molar-refractivity contribution in [1.29, 1.82) is 0 Å². The maximum atomic E-state index is 11.3. The van der Waals surface area contributed by atoms with E-state index in [1.165, 1.54) is 0 Å². The molecule has 1 aromatic rings. The number of nitrogens with zero attached hydrogens (tertiary/aromatic N) is 3. The standard InChI is InChI=1S/C12H19N5O/c1-3-13-10-8-11(16-9(2)15-10)17-6-4-12(18)14-5-7-17/h8H,3-7H2,1-2H3,(H,14,18)(H,13,15,16). The lowest BCUT2D eigenvalue weighted by atomic mass is 10.3. The molecule has 0 bridgehead atoms. The first-order valence-corrected chi connectivity index (χ1v) is 6.30. The Morgan fingerprint density at radius 2 is 2.28 bits per heavy atom. The highest BCUT2D eigenvalue weighted by Crippen LogP contribution is 2.16. The Bertz CT molecular complexity index is 434. The number of hydrogen-bond acceptors (Lipinski definition) is 5. The number of amides is 1. The first-order valence-electron chi connectivity index (χ1n) is 6.30. The molecule has 1 fully saturated rings. The zero-order valence-electron chi connectivity index (χ0n) is 10.9. The van der Waals surface area contributed by atoms with Gasteiger partial charge < -0.3 is 15.5 Å². The normalized spacial score (nSPS) is 16.1.